The Morgan fingerprint density at radius 2 is 2.06 bits per heavy atom. The van der Waals surface area contributed by atoms with Crippen molar-refractivity contribution in [3.8, 4) is 11.8 Å². The molecule has 0 spiro atoms. The molecular weight excluding hydrogens is 204 g/mol. The first-order chi connectivity index (χ1) is 7.56. The first kappa shape index (κ1) is 12.3. The van der Waals surface area contributed by atoms with Crippen molar-refractivity contribution in [1.82, 2.24) is 0 Å². The Bertz CT molecular complexity index is 410. The van der Waals surface area contributed by atoms with Crippen LogP contribution in [0.3, 0.4) is 0 Å². The molecule has 84 valence electrons. The zero-order valence-electron chi connectivity index (χ0n) is 9.36. The van der Waals surface area contributed by atoms with Crippen LogP contribution in [0, 0.1) is 11.8 Å². The zero-order chi connectivity index (χ0) is 12.0. The molecule has 3 heteroatoms. The van der Waals surface area contributed by atoms with Crippen LogP contribution in [0.2, 0.25) is 0 Å². The summed E-state index contributed by atoms with van der Waals surface area (Å²) >= 11 is 0. The zero-order valence-corrected chi connectivity index (χ0v) is 9.36. The van der Waals surface area contributed by atoms with Gasteiger partial charge in [0.1, 0.15) is 0 Å². The van der Waals surface area contributed by atoms with Gasteiger partial charge in [-0.2, -0.15) is 0 Å². The van der Waals surface area contributed by atoms with Gasteiger partial charge in [0.25, 0.3) is 0 Å². The van der Waals surface area contributed by atoms with Crippen molar-refractivity contribution in [2.75, 3.05) is 6.61 Å². The molecule has 0 aliphatic rings. The second kappa shape index (κ2) is 5.34. The lowest BCUT2D eigenvalue weighted by Gasteiger charge is -2.13. The summed E-state index contributed by atoms with van der Waals surface area (Å²) in [5.41, 5.74) is -1.02. The van der Waals surface area contributed by atoms with Crippen molar-refractivity contribution >= 4 is 5.97 Å². The van der Waals surface area contributed by atoms with E-state index in [1.807, 2.05) is 18.2 Å². The number of esters is 1. The quantitative estimate of drug-likeness (QED) is 0.602. The van der Waals surface area contributed by atoms with E-state index in [1.165, 1.54) is 6.92 Å². The van der Waals surface area contributed by atoms with E-state index in [4.69, 9.17) is 4.74 Å². The van der Waals surface area contributed by atoms with Gasteiger partial charge >= 0.3 is 5.97 Å². The van der Waals surface area contributed by atoms with Crippen molar-refractivity contribution in [3.05, 3.63) is 35.9 Å². The fraction of sp³-hybridized carbons (Fsp3) is 0.308. The second-order valence-electron chi connectivity index (χ2n) is 3.41. The molecule has 0 radical (unpaired) electrons. The molecule has 1 aromatic carbocycles. The highest BCUT2D eigenvalue weighted by Gasteiger charge is 2.29. The van der Waals surface area contributed by atoms with Gasteiger partial charge in [-0.1, -0.05) is 30.0 Å². The Kier molecular flexibility index (Phi) is 4.10. The van der Waals surface area contributed by atoms with Crippen molar-refractivity contribution in [1.29, 1.82) is 0 Å². The topological polar surface area (TPSA) is 46.5 Å². The van der Waals surface area contributed by atoms with Crippen LogP contribution in [0.25, 0.3) is 0 Å². The molecule has 1 rings (SSSR count). The molecule has 0 heterocycles. The summed E-state index contributed by atoms with van der Waals surface area (Å²) in [7, 11) is 0. The van der Waals surface area contributed by atoms with Crippen molar-refractivity contribution in [2.24, 2.45) is 0 Å². The number of hydrogen-bond donors (Lipinski definition) is 1. The van der Waals surface area contributed by atoms with Gasteiger partial charge in [0.05, 0.1) is 6.61 Å². The highest BCUT2D eigenvalue weighted by Crippen LogP contribution is 2.05. The molecule has 3 nitrogen and oxygen atoms in total. The van der Waals surface area contributed by atoms with E-state index in [2.05, 4.69) is 11.8 Å². The monoisotopic (exact) mass is 218 g/mol. The van der Waals surface area contributed by atoms with Gasteiger partial charge in [0.15, 0.2) is 0 Å². The average molecular weight is 218 g/mol. The Morgan fingerprint density at radius 1 is 1.44 bits per heavy atom. The number of carbonyl (C=O) groups is 1. The molecule has 1 atom stereocenters. The van der Waals surface area contributed by atoms with Crippen molar-refractivity contribution in [2.45, 2.75) is 19.4 Å². The van der Waals surface area contributed by atoms with Crippen LogP contribution in [-0.4, -0.2) is 23.3 Å². The summed E-state index contributed by atoms with van der Waals surface area (Å²) in [6.07, 6.45) is 0. The summed E-state index contributed by atoms with van der Waals surface area (Å²) in [4.78, 5) is 11.3. The predicted molar refractivity (Wildman–Crippen MR) is 60.6 cm³/mol. The van der Waals surface area contributed by atoms with E-state index in [9.17, 15) is 9.90 Å². The molecule has 1 unspecified atom stereocenters. The number of aliphatic hydroxyl groups is 1. The van der Waals surface area contributed by atoms with Gasteiger partial charge in [-0.15, -0.1) is 0 Å². The standard InChI is InChI=1S/C13H14O3/c1-3-16-12(14)13(2,15)10-9-11-7-5-4-6-8-11/h4-8,15H,3H2,1-2H3. The molecule has 0 aromatic heterocycles. The molecule has 0 aliphatic heterocycles. The van der Waals surface area contributed by atoms with E-state index in [-0.39, 0.29) is 6.61 Å². The number of benzene rings is 1. The van der Waals surface area contributed by atoms with E-state index in [0.717, 1.165) is 5.56 Å². The third-order valence-electron chi connectivity index (χ3n) is 1.90. The van der Waals surface area contributed by atoms with E-state index in [1.54, 1.807) is 19.1 Å². The number of rotatable bonds is 2. The van der Waals surface area contributed by atoms with Crippen LogP contribution >= 0.6 is 0 Å². The molecule has 0 saturated carbocycles. The third-order valence-corrected chi connectivity index (χ3v) is 1.90. The first-order valence-electron chi connectivity index (χ1n) is 5.04. The lowest BCUT2D eigenvalue weighted by molar-refractivity contribution is -0.157. The molecule has 1 aromatic rings. The highest BCUT2D eigenvalue weighted by atomic mass is 16.5. The van der Waals surface area contributed by atoms with E-state index >= 15 is 0 Å². The Hall–Kier alpha value is -1.79. The van der Waals surface area contributed by atoms with Crippen LogP contribution in [0.15, 0.2) is 30.3 Å². The van der Waals surface area contributed by atoms with Gasteiger partial charge in [0.2, 0.25) is 5.60 Å². The average Bonchev–Trinajstić information content (AvgIpc) is 2.28. The van der Waals surface area contributed by atoms with Gasteiger partial charge in [-0.3, -0.25) is 0 Å². The minimum absolute atomic E-state index is 0.224. The first-order valence-corrected chi connectivity index (χ1v) is 5.04. The van der Waals surface area contributed by atoms with Crippen LogP contribution in [0.4, 0.5) is 0 Å². The molecule has 1 N–H and O–H groups in total. The Morgan fingerprint density at radius 3 is 2.62 bits per heavy atom. The maximum Gasteiger partial charge on any atom is 0.350 e. The molecular formula is C13H14O3. The van der Waals surface area contributed by atoms with Gasteiger partial charge in [-0.05, 0) is 26.0 Å². The third kappa shape index (κ3) is 3.41. The van der Waals surface area contributed by atoms with Gasteiger partial charge < -0.3 is 9.84 Å². The van der Waals surface area contributed by atoms with Crippen molar-refractivity contribution < 1.29 is 14.6 Å². The fourth-order valence-corrected chi connectivity index (χ4v) is 1.04. The summed E-state index contributed by atoms with van der Waals surface area (Å²) in [6.45, 7) is 3.22. The molecule has 0 bridgehead atoms. The van der Waals surface area contributed by atoms with E-state index < -0.39 is 11.6 Å². The Labute approximate surface area is 95.1 Å². The highest BCUT2D eigenvalue weighted by molar-refractivity contribution is 5.82. The fourth-order valence-electron chi connectivity index (χ4n) is 1.04. The lowest BCUT2D eigenvalue weighted by atomic mass is 10.1. The maximum atomic E-state index is 11.3. The van der Waals surface area contributed by atoms with E-state index in [0.29, 0.717) is 0 Å². The summed E-state index contributed by atoms with van der Waals surface area (Å²) in [6, 6.07) is 9.14. The summed E-state index contributed by atoms with van der Waals surface area (Å²) < 4.78 is 4.70. The summed E-state index contributed by atoms with van der Waals surface area (Å²) in [5.74, 6) is 4.49. The molecule has 0 fully saturated rings. The van der Waals surface area contributed by atoms with Crippen LogP contribution < -0.4 is 0 Å². The SMILES string of the molecule is CCOC(=O)C(C)(O)C#Cc1ccccc1. The number of hydrogen-bond acceptors (Lipinski definition) is 3. The second-order valence-corrected chi connectivity index (χ2v) is 3.41. The minimum Gasteiger partial charge on any atom is -0.463 e. The number of ether oxygens (including phenoxy) is 1. The van der Waals surface area contributed by atoms with Crippen molar-refractivity contribution in [3.63, 3.8) is 0 Å². The maximum absolute atomic E-state index is 11.3. The van der Waals surface area contributed by atoms with Crippen LogP contribution in [0.1, 0.15) is 19.4 Å². The molecule has 16 heavy (non-hydrogen) atoms. The summed E-state index contributed by atoms with van der Waals surface area (Å²) in [5, 5.41) is 9.73. The minimum atomic E-state index is -1.76. The smallest absolute Gasteiger partial charge is 0.350 e. The molecule has 0 aliphatic carbocycles. The largest absolute Gasteiger partial charge is 0.463 e. The molecule has 0 amide bonds. The number of carbonyl (C=O) groups excluding carboxylic acids is 1. The van der Waals surface area contributed by atoms with Gasteiger partial charge in [-0.25, -0.2) is 4.79 Å². The Balaban J connectivity index is 2.80. The predicted octanol–water partition coefficient (Wildman–Crippen LogP) is 1.35. The normalized spacial score (nSPS) is 13.2. The van der Waals surface area contributed by atoms with Crippen LogP contribution in [-0.2, 0) is 9.53 Å². The molecule has 0 saturated heterocycles. The van der Waals surface area contributed by atoms with Gasteiger partial charge in [0, 0.05) is 5.56 Å². The lowest BCUT2D eigenvalue weighted by Crippen LogP contribution is -2.35. The van der Waals surface area contributed by atoms with Crippen LogP contribution in [0.5, 0.6) is 0 Å².